The Balaban J connectivity index is 0.00000242. The number of aromatic nitrogens is 3. The van der Waals surface area contributed by atoms with Crippen molar-refractivity contribution >= 4 is 29.9 Å². The molecule has 22 heavy (non-hydrogen) atoms. The van der Waals surface area contributed by atoms with Gasteiger partial charge in [0.05, 0.1) is 6.54 Å². The van der Waals surface area contributed by atoms with Crippen LogP contribution in [0.3, 0.4) is 0 Å². The van der Waals surface area contributed by atoms with Gasteiger partial charge in [-0.15, -0.1) is 30.6 Å². The first-order chi connectivity index (χ1) is 10.3. The second-order valence-electron chi connectivity index (χ2n) is 4.51. The molecule has 1 heterocycles. The smallest absolute Gasteiger partial charge is 0.191 e. The van der Waals surface area contributed by atoms with Gasteiger partial charge in [-0.25, -0.2) is 9.67 Å². The molecule has 0 aliphatic heterocycles. The molecule has 0 amide bonds. The van der Waals surface area contributed by atoms with Crippen LogP contribution in [0.15, 0.2) is 54.6 Å². The predicted octanol–water partition coefficient (Wildman–Crippen LogP) is 1.80. The summed E-state index contributed by atoms with van der Waals surface area (Å²) in [5.74, 6) is 0.761. The van der Waals surface area contributed by atoms with E-state index in [1.54, 1.807) is 30.5 Å². The zero-order valence-electron chi connectivity index (χ0n) is 12.6. The fourth-order valence-corrected chi connectivity index (χ4v) is 1.91. The highest BCUT2D eigenvalue weighted by molar-refractivity contribution is 14.0. The molecular weight excluding hydrogens is 391 g/mol. The molecule has 0 radical (unpaired) electrons. The fourth-order valence-electron chi connectivity index (χ4n) is 1.91. The maximum Gasteiger partial charge on any atom is 0.191 e. The summed E-state index contributed by atoms with van der Waals surface area (Å²) in [5, 5.41) is 10.5. The molecule has 118 valence electrons. The quantitative estimate of drug-likeness (QED) is 0.329. The second-order valence-corrected chi connectivity index (χ2v) is 4.51. The van der Waals surface area contributed by atoms with Crippen LogP contribution >= 0.6 is 24.0 Å². The van der Waals surface area contributed by atoms with E-state index in [4.69, 9.17) is 0 Å². The maximum atomic E-state index is 4.15. The average Bonchev–Trinajstić information content (AvgIpc) is 3.01. The highest BCUT2D eigenvalue weighted by atomic mass is 127. The number of nitrogens with one attached hydrogen (secondary N) is 2. The molecule has 7 heteroatoms. The molecule has 0 saturated heterocycles. The minimum Gasteiger partial charge on any atom is -0.353 e. The lowest BCUT2D eigenvalue weighted by atomic mass is 10.1. The molecule has 2 N–H and O–H groups in total. The Labute approximate surface area is 147 Å². The van der Waals surface area contributed by atoms with E-state index in [0.29, 0.717) is 13.1 Å². The predicted molar refractivity (Wildman–Crippen MR) is 99.4 cm³/mol. The van der Waals surface area contributed by atoms with Crippen LogP contribution in [-0.4, -0.2) is 34.3 Å². The molecule has 2 rings (SSSR count). The molecule has 0 bridgehead atoms. The van der Waals surface area contributed by atoms with Crippen molar-refractivity contribution < 1.29 is 0 Å². The Hall–Kier alpha value is -1.90. The van der Waals surface area contributed by atoms with E-state index in [9.17, 15) is 0 Å². The molecule has 6 nitrogen and oxygen atoms in total. The van der Waals surface area contributed by atoms with Gasteiger partial charge in [-0.2, -0.15) is 5.10 Å². The first-order valence-electron chi connectivity index (χ1n) is 6.77. The van der Waals surface area contributed by atoms with Gasteiger partial charge in [-0.1, -0.05) is 30.3 Å². The van der Waals surface area contributed by atoms with Gasteiger partial charge in [0.2, 0.25) is 0 Å². The third-order valence-corrected chi connectivity index (χ3v) is 2.90. The van der Waals surface area contributed by atoms with Crippen LogP contribution in [0.5, 0.6) is 0 Å². The summed E-state index contributed by atoms with van der Waals surface area (Å²) >= 11 is 0. The molecule has 0 aliphatic rings. The van der Waals surface area contributed by atoms with E-state index in [2.05, 4.69) is 50.5 Å². The van der Waals surface area contributed by atoms with Crippen LogP contribution in [-0.2, 0) is 13.1 Å². The third kappa shape index (κ3) is 5.84. The number of nitrogens with zero attached hydrogens (tertiary/aromatic N) is 4. The first-order valence-corrected chi connectivity index (χ1v) is 6.77. The molecular formula is C15H21IN6. The highest BCUT2D eigenvalue weighted by Crippen LogP contribution is 2.06. The van der Waals surface area contributed by atoms with E-state index in [0.717, 1.165) is 12.5 Å². The molecule has 1 aromatic heterocycles. The fraction of sp³-hybridized carbons (Fsp3) is 0.267. The largest absolute Gasteiger partial charge is 0.353 e. The van der Waals surface area contributed by atoms with Crippen LogP contribution in [0, 0.1) is 0 Å². The first kappa shape index (κ1) is 18.1. The van der Waals surface area contributed by atoms with E-state index >= 15 is 0 Å². The van der Waals surface area contributed by atoms with E-state index in [1.807, 2.05) is 6.07 Å². The lowest BCUT2D eigenvalue weighted by Crippen LogP contribution is -2.36. The molecule has 0 fully saturated rings. The Bertz CT molecular complexity index is 594. The Morgan fingerprint density at radius 1 is 1.36 bits per heavy atom. The van der Waals surface area contributed by atoms with Gasteiger partial charge in [0.1, 0.15) is 12.7 Å². The number of aliphatic imine (C=N–C) groups is 1. The van der Waals surface area contributed by atoms with Crippen molar-refractivity contribution in [1.82, 2.24) is 25.4 Å². The molecule has 0 atom stereocenters. The summed E-state index contributed by atoms with van der Waals surface area (Å²) in [4.78, 5) is 8.10. The summed E-state index contributed by atoms with van der Waals surface area (Å²) in [6.07, 6.45) is 5.05. The number of hydrogen-bond acceptors (Lipinski definition) is 3. The molecule has 0 spiro atoms. The van der Waals surface area contributed by atoms with Crippen LogP contribution < -0.4 is 10.6 Å². The van der Waals surface area contributed by atoms with Crippen LogP contribution in [0.2, 0.25) is 0 Å². The molecule has 2 aromatic rings. The Kier molecular flexibility index (Phi) is 8.19. The number of guanidine groups is 1. The molecule has 0 unspecified atom stereocenters. The lowest BCUT2D eigenvalue weighted by molar-refractivity contribution is 0.683. The average molecular weight is 412 g/mol. The number of rotatable bonds is 6. The van der Waals surface area contributed by atoms with Gasteiger partial charge in [-0.3, -0.25) is 4.99 Å². The van der Waals surface area contributed by atoms with Crippen molar-refractivity contribution in [2.45, 2.75) is 13.1 Å². The summed E-state index contributed by atoms with van der Waals surface area (Å²) in [6, 6.07) is 8.35. The van der Waals surface area contributed by atoms with E-state index in [1.165, 1.54) is 11.1 Å². The zero-order chi connectivity index (χ0) is 14.9. The van der Waals surface area contributed by atoms with Gasteiger partial charge in [-0.05, 0) is 11.1 Å². The van der Waals surface area contributed by atoms with Crippen molar-refractivity contribution in [1.29, 1.82) is 0 Å². The minimum atomic E-state index is 0. The zero-order valence-corrected chi connectivity index (χ0v) is 14.9. The Morgan fingerprint density at radius 3 is 2.86 bits per heavy atom. The maximum absolute atomic E-state index is 4.15. The van der Waals surface area contributed by atoms with E-state index in [-0.39, 0.29) is 24.0 Å². The van der Waals surface area contributed by atoms with Crippen LogP contribution in [0.4, 0.5) is 0 Å². The number of halogens is 1. The van der Waals surface area contributed by atoms with Crippen molar-refractivity contribution in [2.75, 3.05) is 13.6 Å². The number of hydrogen-bond donors (Lipinski definition) is 2. The van der Waals surface area contributed by atoms with E-state index < -0.39 is 0 Å². The molecule has 0 aliphatic carbocycles. The number of benzene rings is 1. The van der Waals surface area contributed by atoms with Gasteiger partial charge in [0.25, 0.3) is 0 Å². The lowest BCUT2D eigenvalue weighted by Gasteiger charge is -2.11. The SMILES string of the molecule is C=CCNC(=NC)NCc1cccc(Cn2cncn2)c1.I. The summed E-state index contributed by atoms with van der Waals surface area (Å²) in [6.45, 7) is 5.79. The summed E-state index contributed by atoms with van der Waals surface area (Å²) in [7, 11) is 1.75. The topological polar surface area (TPSA) is 67.1 Å². The van der Waals surface area contributed by atoms with Gasteiger partial charge in [0, 0.05) is 20.1 Å². The van der Waals surface area contributed by atoms with Crippen molar-refractivity contribution in [3.05, 3.63) is 60.7 Å². The minimum absolute atomic E-state index is 0. The van der Waals surface area contributed by atoms with Gasteiger partial charge in [0.15, 0.2) is 5.96 Å². The second kappa shape index (κ2) is 9.93. The summed E-state index contributed by atoms with van der Waals surface area (Å²) in [5.41, 5.74) is 2.38. The Morgan fingerprint density at radius 2 is 2.18 bits per heavy atom. The van der Waals surface area contributed by atoms with Crippen molar-refractivity contribution in [3.63, 3.8) is 0 Å². The standard InChI is InChI=1S/C15H20N6.HI/c1-3-7-18-15(16-2)19-9-13-5-4-6-14(8-13)10-21-12-17-11-20-21;/h3-6,8,11-12H,1,7,9-10H2,2H3,(H2,16,18,19);1H. The molecule has 0 saturated carbocycles. The van der Waals surface area contributed by atoms with Crippen LogP contribution in [0.25, 0.3) is 0 Å². The van der Waals surface area contributed by atoms with Crippen LogP contribution in [0.1, 0.15) is 11.1 Å². The normalized spacial score (nSPS) is 10.7. The summed E-state index contributed by atoms with van der Waals surface area (Å²) < 4.78 is 1.80. The van der Waals surface area contributed by atoms with Crippen molar-refractivity contribution in [3.8, 4) is 0 Å². The van der Waals surface area contributed by atoms with Crippen molar-refractivity contribution in [2.24, 2.45) is 4.99 Å². The third-order valence-electron chi connectivity index (χ3n) is 2.90. The highest BCUT2D eigenvalue weighted by Gasteiger charge is 2.00. The van der Waals surface area contributed by atoms with Gasteiger partial charge >= 0.3 is 0 Å². The molecule has 1 aromatic carbocycles. The van der Waals surface area contributed by atoms with Gasteiger partial charge < -0.3 is 10.6 Å². The monoisotopic (exact) mass is 412 g/mol.